The zero-order chi connectivity index (χ0) is 24.3. The number of H-pyrrole nitrogens is 1. The molecular weight excluding hydrogens is 420 g/mol. The minimum Gasteiger partial charge on any atom is -0.366 e. The van der Waals surface area contributed by atoms with E-state index in [2.05, 4.69) is 67.2 Å². The van der Waals surface area contributed by atoms with Crippen molar-refractivity contribution in [2.75, 3.05) is 18.0 Å². The van der Waals surface area contributed by atoms with Gasteiger partial charge in [0.1, 0.15) is 11.6 Å². The van der Waals surface area contributed by atoms with E-state index >= 15 is 0 Å². The average Bonchev–Trinajstić information content (AvgIpc) is 3.23. The Bertz CT molecular complexity index is 1260. The third-order valence-corrected chi connectivity index (χ3v) is 6.89. The molecule has 2 aromatic carbocycles. The molecule has 0 bridgehead atoms. The third kappa shape index (κ3) is 4.72. The first-order valence-electron chi connectivity index (χ1n) is 12.2. The standard InChI is InChI=1S/C29H34N4O/c1-5-14-33-27-11-10-21(16-25(27)20(2)17-29(33,3)4)15-23(18-30)28(34)31-13-12-22-19-32-26-9-7-6-8-24(22)26/h6-11,15-16,19-20,32H,5,12-14,17H2,1-4H3,(H,31,34)/b23-15+. The highest BCUT2D eigenvalue weighted by atomic mass is 16.1. The van der Waals surface area contributed by atoms with Crippen molar-refractivity contribution in [3.63, 3.8) is 0 Å². The number of anilines is 1. The van der Waals surface area contributed by atoms with Gasteiger partial charge in [-0.1, -0.05) is 38.1 Å². The van der Waals surface area contributed by atoms with Crippen LogP contribution < -0.4 is 10.2 Å². The molecule has 1 amide bonds. The van der Waals surface area contributed by atoms with Crippen LogP contribution in [-0.2, 0) is 11.2 Å². The molecule has 3 aromatic rings. The van der Waals surface area contributed by atoms with Gasteiger partial charge in [0.05, 0.1) is 0 Å². The first-order valence-corrected chi connectivity index (χ1v) is 12.2. The maximum absolute atomic E-state index is 12.7. The molecule has 2 heterocycles. The topological polar surface area (TPSA) is 71.9 Å². The lowest BCUT2D eigenvalue weighted by atomic mass is 9.79. The molecule has 2 N–H and O–H groups in total. The lowest BCUT2D eigenvalue weighted by Gasteiger charge is -2.47. The molecule has 0 spiro atoms. The fourth-order valence-electron chi connectivity index (χ4n) is 5.31. The summed E-state index contributed by atoms with van der Waals surface area (Å²) in [4.78, 5) is 18.5. The summed E-state index contributed by atoms with van der Waals surface area (Å²) in [6.07, 6.45) is 6.56. The Hall–Kier alpha value is -3.52. The molecule has 0 saturated heterocycles. The van der Waals surface area contributed by atoms with Gasteiger partial charge in [-0.2, -0.15) is 5.26 Å². The second kappa shape index (κ2) is 9.77. The summed E-state index contributed by atoms with van der Waals surface area (Å²) in [6.45, 7) is 10.6. The lowest BCUT2D eigenvalue weighted by molar-refractivity contribution is -0.117. The number of rotatable bonds is 7. The summed E-state index contributed by atoms with van der Waals surface area (Å²) in [5, 5.41) is 13.7. The number of aromatic amines is 1. The van der Waals surface area contributed by atoms with Gasteiger partial charge in [-0.25, -0.2) is 0 Å². The first-order chi connectivity index (χ1) is 16.3. The maximum atomic E-state index is 12.7. The van der Waals surface area contributed by atoms with Gasteiger partial charge in [0, 0.05) is 41.4 Å². The van der Waals surface area contributed by atoms with Crippen LogP contribution in [0, 0.1) is 11.3 Å². The Labute approximate surface area is 202 Å². The van der Waals surface area contributed by atoms with Crippen LogP contribution in [0.3, 0.4) is 0 Å². The zero-order valence-corrected chi connectivity index (χ0v) is 20.6. The number of hydrogen-bond donors (Lipinski definition) is 2. The van der Waals surface area contributed by atoms with Crippen LogP contribution in [0.25, 0.3) is 17.0 Å². The molecule has 5 nitrogen and oxygen atoms in total. The van der Waals surface area contributed by atoms with Crippen molar-refractivity contribution in [1.82, 2.24) is 10.3 Å². The molecule has 1 atom stereocenters. The number of carbonyl (C=O) groups excluding carboxylic acids is 1. The van der Waals surface area contributed by atoms with E-state index in [1.54, 1.807) is 6.08 Å². The molecule has 0 fully saturated rings. The van der Waals surface area contributed by atoms with Crippen molar-refractivity contribution < 1.29 is 4.79 Å². The summed E-state index contributed by atoms with van der Waals surface area (Å²) >= 11 is 0. The lowest BCUT2D eigenvalue weighted by Crippen LogP contribution is -2.48. The summed E-state index contributed by atoms with van der Waals surface area (Å²) < 4.78 is 0. The largest absolute Gasteiger partial charge is 0.366 e. The minimum absolute atomic E-state index is 0.113. The Morgan fingerprint density at radius 3 is 2.85 bits per heavy atom. The Morgan fingerprint density at radius 1 is 1.29 bits per heavy atom. The minimum atomic E-state index is -0.332. The van der Waals surface area contributed by atoms with E-state index < -0.39 is 0 Å². The van der Waals surface area contributed by atoms with Crippen LogP contribution in [0.15, 0.2) is 54.2 Å². The van der Waals surface area contributed by atoms with Gasteiger partial charge < -0.3 is 15.2 Å². The molecule has 34 heavy (non-hydrogen) atoms. The number of fused-ring (bicyclic) bond motifs is 2. The van der Waals surface area contributed by atoms with E-state index in [9.17, 15) is 10.1 Å². The van der Waals surface area contributed by atoms with E-state index in [1.807, 2.05) is 30.5 Å². The summed E-state index contributed by atoms with van der Waals surface area (Å²) in [7, 11) is 0. The molecule has 1 aliphatic rings. The van der Waals surface area contributed by atoms with E-state index in [0.717, 1.165) is 41.4 Å². The molecule has 176 valence electrons. The highest BCUT2D eigenvalue weighted by Gasteiger charge is 2.35. The van der Waals surface area contributed by atoms with E-state index in [4.69, 9.17) is 0 Å². The van der Waals surface area contributed by atoms with Crippen molar-refractivity contribution >= 4 is 28.6 Å². The molecule has 0 saturated carbocycles. The normalized spacial score (nSPS) is 17.3. The highest BCUT2D eigenvalue weighted by molar-refractivity contribution is 6.01. The third-order valence-electron chi connectivity index (χ3n) is 6.89. The van der Waals surface area contributed by atoms with Gasteiger partial charge in [-0.15, -0.1) is 0 Å². The van der Waals surface area contributed by atoms with Crippen LogP contribution in [0.4, 0.5) is 5.69 Å². The van der Waals surface area contributed by atoms with Gasteiger partial charge in [-0.3, -0.25) is 4.79 Å². The highest BCUT2D eigenvalue weighted by Crippen LogP contribution is 2.43. The quantitative estimate of drug-likeness (QED) is 0.343. The number of aromatic nitrogens is 1. The monoisotopic (exact) mass is 454 g/mol. The number of para-hydroxylation sites is 1. The van der Waals surface area contributed by atoms with Crippen LogP contribution in [0.1, 0.15) is 63.1 Å². The van der Waals surface area contributed by atoms with Crippen LogP contribution >= 0.6 is 0 Å². The van der Waals surface area contributed by atoms with E-state index in [-0.39, 0.29) is 17.0 Å². The second-order valence-corrected chi connectivity index (χ2v) is 9.92. The molecule has 5 heteroatoms. The summed E-state index contributed by atoms with van der Waals surface area (Å²) in [6, 6.07) is 16.5. The molecule has 1 unspecified atom stereocenters. The van der Waals surface area contributed by atoms with Crippen molar-refractivity contribution in [1.29, 1.82) is 5.26 Å². The van der Waals surface area contributed by atoms with Crippen LogP contribution in [0.5, 0.6) is 0 Å². The number of carbonyl (C=O) groups is 1. The fraction of sp³-hybridized carbons (Fsp3) is 0.379. The maximum Gasteiger partial charge on any atom is 0.261 e. The first kappa shape index (κ1) is 23.6. The number of nitrogens with one attached hydrogen (secondary N) is 2. The number of nitriles is 1. The Balaban J connectivity index is 1.48. The van der Waals surface area contributed by atoms with Gasteiger partial charge in [0.15, 0.2) is 0 Å². The zero-order valence-electron chi connectivity index (χ0n) is 20.6. The molecule has 1 aliphatic heterocycles. The molecule has 0 aliphatic carbocycles. The van der Waals surface area contributed by atoms with Crippen LogP contribution in [0.2, 0.25) is 0 Å². The summed E-state index contributed by atoms with van der Waals surface area (Å²) in [5.74, 6) is 0.0869. The van der Waals surface area contributed by atoms with Crippen molar-refractivity contribution in [3.05, 3.63) is 70.9 Å². The molecular formula is C29H34N4O. The number of nitrogens with zero attached hydrogens (tertiary/aromatic N) is 2. The second-order valence-electron chi connectivity index (χ2n) is 9.92. The van der Waals surface area contributed by atoms with Gasteiger partial charge in [0.2, 0.25) is 0 Å². The number of benzene rings is 2. The van der Waals surface area contributed by atoms with Gasteiger partial charge in [0.25, 0.3) is 5.91 Å². The van der Waals surface area contributed by atoms with Crippen molar-refractivity contribution in [2.45, 2.75) is 58.4 Å². The smallest absolute Gasteiger partial charge is 0.261 e. The molecule has 0 radical (unpaired) electrons. The van der Waals surface area contributed by atoms with Gasteiger partial charge >= 0.3 is 0 Å². The van der Waals surface area contributed by atoms with Crippen molar-refractivity contribution in [3.8, 4) is 6.07 Å². The number of hydrogen-bond acceptors (Lipinski definition) is 3. The Morgan fingerprint density at radius 2 is 2.09 bits per heavy atom. The van der Waals surface area contributed by atoms with Crippen LogP contribution in [-0.4, -0.2) is 29.5 Å². The fourth-order valence-corrected chi connectivity index (χ4v) is 5.31. The number of amides is 1. The summed E-state index contributed by atoms with van der Waals surface area (Å²) in [5.41, 5.74) is 5.94. The SMILES string of the molecule is CCCN1c2ccc(/C=C(\C#N)C(=O)NCCc3c[nH]c4ccccc34)cc2C(C)CC1(C)C. The van der Waals surface area contributed by atoms with Crippen molar-refractivity contribution in [2.24, 2.45) is 0 Å². The molecule has 4 rings (SSSR count). The predicted octanol–water partition coefficient (Wildman–Crippen LogP) is 5.94. The van der Waals surface area contributed by atoms with E-state index in [1.165, 1.54) is 11.3 Å². The predicted molar refractivity (Wildman–Crippen MR) is 140 cm³/mol. The van der Waals surface area contributed by atoms with E-state index in [0.29, 0.717) is 18.9 Å². The van der Waals surface area contributed by atoms with Gasteiger partial charge in [-0.05, 0) is 80.0 Å². The average molecular weight is 455 g/mol. The molecule has 1 aromatic heterocycles. The Kier molecular flexibility index (Phi) is 6.79.